The summed E-state index contributed by atoms with van der Waals surface area (Å²) in [6.45, 7) is 6.00. The normalized spacial score (nSPS) is 10.9. The van der Waals surface area contributed by atoms with Crippen LogP contribution in [0.1, 0.15) is 40.3 Å². The van der Waals surface area contributed by atoms with Crippen LogP contribution < -0.4 is 0 Å². The summed E-state index contributed by atoms with van der Waals surface area (Å²) in [5.74, 6) is 0.538. The van der Waals surface area contributed by atoms with Crippen molar-refractivity contribution in [1.82, 2.24) is 0 Å². The Morgan fingerprint density at radius 3 is 1.73 bits per heavy atom. The highest BCUT2D eigenvalue weighted by atomic mass is 16.3. The van der Waals surface area contributed by atoms with Crippen LogP contribution >= 0.6 is 0 Å². The van der Waals surface area contributed by atoms with Gasteiger partial charge in [-0.25, -0.2) is 0 Å². The zero-order chi connectivity index (χ0) is 16.3. The third-order valence-electron chi connectivity index (χ3n) is 3.97. The molecule has 0 atom stereocenters. The van der Waals surface area contributed by atoms with Crippen molar-refractivity contribution in [2.75, 3.05) is 6.61 Å². The minimum absolute atomic E-state index is 0.00608. The van der Waals surface area contributed by atoms with E-state index in [0.29, 0.717) is 18.6 Å². The molecule has 2 aromatic rings. The summed E-state index contributed by atoms with van der Waals surface area (Å²) >= 11 is 0. The molecular formula is C19H24O3. The second-order valence-corrected chi connectivity index (χ2v) is 5.87. The number of hydrogen-bond donors (Lipinski definition) is 3. The number of aliphatic hydroxyl groups is 1. The SMILES string of the molecule is CCc1cc(C)cc(Cc2cc(C)cc(CCO)c2O)c1O. The summed E-state index contributed by atoms with van der Waals surface area (Å²) < 4.78 is 0. The van der Waals surface area contributed by atoms with Crippen molar-refractivity contribution < 1.29 is 15.3 Å². The molecule has 0 fully saturated rings. The van der Waals surface area contributed by atoms with Crippen molar-refractivity contribution in [2.24, 2.45) is 0 Å². The monoisotopic (exact) mass is 300 g/mol. The molecule has 0 heterocycles. The molecule has 3 nitrogen and oxygen atoms in total. The summed E-state index contributed by atoms with van der Waals surface area (Å²) in [5, 5.41) is 29.9. The molecule has 0 radical (unpaired) electrons. The molecule has 3 N–H and O–H groups in total. The third-order valence-corrected chi connectivity index (χ3v) is 3.97. The van der Waals surface area contributed by atoms with Crippen LogP contribution in [0.4, 0.5) is 0 Å². The summed E-state index contributed by atoms with van der Waals surface area (Å²) in [7, 11) is 0. The maximum absolute atomic E-state index is 10.4. The Bertz CT molecular complexity index is 675. The predicted molar refractivity (Wildman–Crippen MR) is 88.7 cm³/mol. The number of hydrogen-bond acceptors (Lipinski definition) is 3. The fraction of sp³-hybridized carbons (Fsp3) is 0.368. The molecule has 2 aromatic carbocycles. The first-order chi connectivity index (χ1) is 10.5. The lowest BCUT2D eigenvalue weighted by atomic mass is 9.94. The van der Waals surface area contributed by atoms with Gasteiger partial charge < -0.3 is 15.3 Å². The Morgan fingerprint density at radius 2 is 1.23 bits per heavy atom. The molecule has 118 valence electrons. The topological polar surface area (TPSA) is 60.7 Å². The zero-order valence-corrected chi connectivity index (χ0v) is 13.5. The van der Waals surface area contributed by atoms with Crippen LogP contribution in [0.5, 0.6) is 11.5 Å². The summed E-state index contributed by atoms with van der Waals surface area (Å²) in [6.07, 6.45) is 1.68. The number of aromatic hydroxyl groups is 2. The van der Waals surface area contributed by atoms with Gasteiger partial charge in [-0.2, -0.15) is 0 Å². The van der Waals surface area contributed by atoms with E-state index in [0.717, 1.165) is 39.8 Å². The van der Waals surface area contributed by atoms with E-state index in [9.17, 15) is 10.2 Å². The molecule has 22 heavy (non-hydrogen) atoms. The molecule has 0 unspecified atom stereocenters. The average Bonchev–Trinajstić information content (AvgIpc) is 2.47. The van der Waals surface area contributed by atoms with Crippen LogP contribution in [0.3, 0.4) is 0 Å². The lowest BCUT2D eigenvalue weighted by Gasteiger charge is -2.14. The van der Waals surface area contributed by atoms with Gasteiger partial charge >= 0.3 is 0 Å². The van der Waals surface area contributed by atoms with Crippen molar-refractivity contribution in [3.8, 4) is 11.5 Å². The molecule has 0 aliphatic heterocycles. The Hall–Kier alpha value is -2.00. The average molecular weight is 300 g/mol. The molecule has 0 amide bonds. The lowest BCUT2D eigenvalue weighted by molar-refractivity contribution is 0.297. The standard InChI is InChI=1S/C19H24O3/c1-4-14-7-12(2)9-16(18(14)21)11-17-10-13(3)8-15(5-6-20)19(17)22/h7-10,20-22H,4-6,11H2,1-3H3. The molecule has 0 aliphatic rings. The van der Waals surface area contributed by atoms with Crippen molar-refractivity contribution in [3.05, 3.63) is 57.6 Å². The number of aliphatic hydroxyl groups excluding tert-OH is 1. The highest BCUT2D eigenvalue weighted by Crippen LogP contribution is 2.32. The minimum atomic E-state index is 0.00608. The molecule has 3 heteroatoms. The highest BCUT2D eigenvalue weighted by Gasteiger charge is 2.13. The summed E-state index contributed by atoms with van der Waals surface area (Å²) in [5.41, 5.74) is 5.43. The van der Waals surface area contributed by atoms with Gasteiger partial charge in [0.25, 0.3) is 0 Å². The fourth-order valence-electron chi connectivity index (χ4n) is 2.92. The van der Waals surface area contributed by atoms with E-state index in [1.54, 1.807) is 0 Å². The number of phenolic OH excluding ortho intramolecular Hbond substituents is 2. The Labute approximate surface area is 131 Å². The number of rotatable bonds is 5. The second kappa shape index (κ2) is 6.84. The first-order valence-electron chi connectivity index (χ1n) is 7.69. The summed E-state index contributed by atoms with van der Waals surface area (Å²) in [4.78, 5) is 0. The molecule has 2 rings (SSSR count). The van der Waals surface area contributed by atoms with E-state index in [2.05, 4.69) is 0 Å². The second-order valence-electron chi connectivity index (χ2n) is 5.87. The predicted octanol–water partition coefficient (Wildman–Crippen LogP) is 3.40. The Morgan fingerprint density at radius 1 is 0.773 bits per heavy atom. The fourth-order valence-corrected chi connectivity index (χ4v) is 2.92. The summed E-state index contributed by atoms with van der Waals surface area (Å²) in [6, 6.07) is 7.78. The smallest absolute Gasteiger partial charge is 0.122 e. The highest BCUT2D eigenvalue weighted by molar-refractivity contribution is 5.50. The van der Waals surface area contributed by atoms with Crippen LogP contribution in [0.25, 0.3) is 0 Å². The van der Waals surface area contributed by atoms with E-state index >= 15 is 0 Å². The van der Waals surface area contributed by atoms with E-state index in [1.807, 2.05) is 45.0 Å². The van der Waals surface area contributed by atoms with Gasteiger partial charge in [0.1, 0.15) is 11.5 Å². The molecule has 0 saturated carbocycles. The van der Waals surface area contributed by atoms with Crippen LogP contribution in [0, 0.1) is 13.8 Å². The Kier molecular flexibility index (Phi) is 5.09. The van der Waals surface area contributed by atoms with Gasteiger partial charge in [0.2, 0.25) is 0 Å². The first kappa shape index (κ1) is 16.4. The maximum Gasteiger partial charge on any atom is 0.122 e. The van der Waals surface area contributed by atoms with Crippen LogP contribution in [0.15, 0.2) is 24.3 Å². The quantitative estimate of drug-likeness (QED) is 0.793. The zero-order valence-electron chi connectivity index (χ0n) is 13.5. The number of phenols is 2. The largest absolute Gasteiger partial charge is 0.507 e. The van der Waals surface area contributed by atoms with Gasteiger partial charge in [-0.3, -0.25) is 0 Å². The van der Waals surface area contributed by atoms with Gasteiger partial charge in [0.05, 0.1) is 0 Å². The van der Waals surface area contributed by atoms with Crippen molar-refractivity contribution in [1.29, 1.82) is 0 Å². The van der Waals surface area contributed by atoms with E-state index < -0.39 is 0 Å². The maximum atomic E-state index is 10.4. The van der Waals surface area contributed by atoms with Gasteiger partial charge in [-0.05, 0) is 48.9 Å². The van der Waals surface area contributed by atoms with Crippen molar-refractivity contribution in [2.45, 2.75) is 40.0 Å². The molecule has 0 aromatic heterocycles. The molecular weight excluding hydrogens is 276 g/mol. The minimum Gasteiger partial charge on any atom is -0.507 e. The Balaban J connectivity index is 2.45. The first-order valence-corrected chi connectivity index (χ1v) is 7.69. The van der Waals surface area contributed by atoms with Gasteiger partial charge in [0.15, 0.2) is 0 Å². The van der Waals surface area contributed by atoms with Crippen LogP contribution in [-0.2, 0) is 19.3 Å². The lowest BCUT2D eigenvalue weighted by Crippen LogP contribution is -1.99. The van der Waals surface area contributed by atoms with Crippen molar-refractivity contribution >= 4 is 0 Å². The van der Waals surface area contributed by atoms with E-state index in [4.69, 9.17) is 5.11 Å². The van der Waals surface area contributed by atoms with Crippen LogP contribution in [0.2, 0.25) is 0 Å². The molecule has 0 aliphatic carbocycles. The molecule has 0 bridgehead atoms. The van der Waals surface area contributed by atoms with Crippen molar-refractivity contribution in [3.63, 3.8) is 0 Å². The van der Waals surface area contributed by atoms with Crippen LogP contribution in [-0.4, -0.2) is 21.9 Å². The van der Waals surface area contributed by atoms with Gasteiger partial charge in [-0.1, -0.05) is 42.3 Å². The van der Waals surface area contributed by atoms with E-state index in [1.165, 1.54) is 0 Å². The van der Waals surface area contributed by atoms with Gasteiger partial charge in [-0.15, -0.1) is 0 Å². The number of benzene rings is 2. The molecule has 0 spiro atoms. The number of aryl methyl sites for hydroxylation is 3. The molecule has 0 saturated heterocycles. The van der Waals surface area contributed by atoms with Gasteiger partial charge in [0, 0.05) is 13.0 Å². The third kappa shape index (κ3) is 3.42. The van der Waals surface area contributed by atoms with E-state index in [-0.39, 0.29) is 12.4 Å².